The molecule has 1 N–H and O–H groups in total. The van der Waals surface area contributed by atoms with E-state index in [0.29, 0.717) is 0 Å². The maximum Gasteiger partial charge on any atom is 0.175 e. The highest BCUT2D eigenvalue weighted by Gasteiger charge is 2.20. The normalized spacial score (nSPS) is 17.4. The van der Waals surface area contributed by atoms with E-state index in [-0.39, 0.29) is 0 Å². The van der Waals surface area contributed by atoms with Gasteiger partial charge in [-0.2, -0.15) is 0 Å². The molecule has 0 atom stereocenters. The lowest BCUT2D eigenvalue weighted by Gasteiger charge is -2.36. The van der Waals surface area contributed by atoms with Gasteiger partial charge in [0.2, 0.25) is 0 Å². The van der Waals surface area contributed by atoms with Crippen LogP contribution >= 0.6 is 12.2 Å². The van der Waals surface area contributed by atoms with Crippen LogP contribution in [0.15, 0.2) is 18.2 Å². The first kappa shape index (κ1) is 11.4. The summed E-state index contributed by atoms with van der Waals surface area (Å²) in [7, 11) is 2.07. The zero-order valence-electron chi connectivity index (χ0n) is 9.95. The first-order valence-electron chi connectivity index (χ1n) is 5.39. The molecule has 1 saturated heterocycles. The molecule has 4 heteroatoms. The molecule has 0 bridgehead atoms. The molecule has 1 aromatic carbocycles. The second kappa shape index (κ2) is 4.39. The summed E-state index contributed by atoms with van der Waals surface area (Å²) in [4.78, 5) is 4.32. The lowest BCUT2D eigenvalue weighted by atomic mass is 10.1. The van der Waals surface area contributed by atoms with Gasteiger partial charge in [0.1, 0.15) is 0 Å². The molecule has 1 aliphatic heterocycles. The molecule has 86 valence electrons. The van der Waals surface area contributed by atoms with E-state index in [0.717, 1.165) is 18.4 Å². The van der Waals surface area contributed by atoms with Crippen molar-refractivity contribution in [3.63, 3.8) is 0 Å². The number of anilines is 1. The van der Waals surface area contributed by atoms with Crippen LogP contribution in [0.4, 0.5) is 5.69 Å². The summed E-state index contributed by atoms with van der Waals surface area (Å²) in [6.45, 7) is 5.89. The quantitative estimate of drug-likeness (QED) is 0.748. The van der Waals surface area contributed by atoms with Crippen molar-refractivity contribution >= 4 is 23.0 Å². The molecule has 1 heterocycles. The van der Waals surface area contributed by atoms with Gasteiger partial charge in [-0.3, -0.25) is 4.90 Å². The Morgan fingerprint density at radius 2 is 2.06 bits per heavy atom. The van der Waals surface area contributed by atoms with E-state index in [4.69, 9.17) is 12.2 Å². The van der Waals surface area contributed by atoms with Crippen molar-refractivity contribution in [2.24, 2.45) is 0 Å². The number of benzene rings is 1. The molecule has 3 nitrogen and oxygen atoms in total. The van der Waals surface area contributed by atoms with Crippen LogP contribution in [-0.4, -0.2) is 30.4 Å². The minimum absolute atomic E-state index is 0.810. The van der Waals surface area contributed by atoms with Gasteiger partial charge >= 0.3 is 0 Å². The summed E-state index contributed by atoms with van der Waals surface area (Å²) in [6.07, 6.45) is 0. The van der Waals surface area contributed by atoms with Crippen LogP contribution < -0.4 is 10.2 Å². The summed E-state index contributed by atoms with van der Waals surface area (Å²) in [5, 5.41) is 4.02. The number of aryl methyl sites for hydroxylation is 2. The standard InChI is InChI=1S/C12H17N3S/c1-9-4-5-11(10(2)6-9)15-8-14(3)7-13-12(15)16/h4-6H,7-8H2,1-3H3,(H,13,16). The molecule has 0 aromatic heterocycles. The minimum atomic E-state index is 0.810. The average molecular weight is 235 g/mol. The van der Waals surface area contributed by atoms with Gasteiger partial charge in [0.25, 0.3) is 0 Å². The third-order valence-electron chi connectivity index (χ3n) is 2.77. The summed E-state index contributed by atoms with van der Waals surface area (Å²) in [6, 6.07) is 6.45. The van der Waals surface area contributed by atoms with Gasteiger partial charge in [0, 0.05) is 5.69 Å². The average Bonchev–Trinajstić information content (AvgIpc) is 2.22. The van der Waals surface area contributed by atoms with E-state index in [9.17, 15) is 0 Å². The number of hydrogen-bond acceptors (Lipinski definition) is 2. The van der Waals surface area contributed by atoms with Crippen LogP contribution in [0.3, 0.4) is 0 Å². The third kappa shape index (κ3) is 2.18. The molecule has 0 radical (unpaired) electrons. The van der Waals surface area contributed by atoms with Gasteiger partial charge in [-0.25, -0.2) is 0 Å². The summed E-state index contributed by atoms with van der Waals surface area (Å²) in [5.74, 6) is 0. The van der Waals surface area contributed by atoms with Crippen LogP contribution in [0.2, 0.25) is 0 Å². The molecule has 0 unspecified atom stereocenters. The van der Waals surface area contributed by atoms with Crippen LogP contribution in [0.5, 0.6) is 0 Å². The van der Waals surface area contributed by atoms with Crippen molar-refractivity contribution in [1.82, 2.24) is 10.2 Å². The van der Waals surface area contributed by atoms with Crippen LogP contribution in [-0.2, 0) is 0 Å². The molecule has 0 spiro atoms. The highest BCUT2D eigenvalue weighted by Crippen LogP contribution is 2.22. The van der Waals surface area contributed by atoms with Crippen molar-refractivity contribution in [2.75, 3.05) is 25.3 Å². The molecular formula is C12H17N3S. The van der Waals surface area contributed by atoms with Gasteiger partial charge < -0.3 is 10.2 Å². The maximum atomic E-state index is 5.34. The first-order valence-corrected chi connectivity index (χ1v) is 5.80. The van der Waals surface area contributed by atoms with Crippen LogP contribution in [0.25, 0.3) is 0 Å². The molecule has 1 fully saturated rings. The summed E-state index contributed by atoms with van der Waals surface area (Å²) >= 11 is 5.34. The zero-order valence-corrected chi connectivity index (χ0v) is 10.8. The predicted molar refractivity (Wildman–Crippen MR) is 71.6 cm³/mol. The molecule has 1 aromatic rings. The van der Waals surface area contributed by atoms with Gasteiger partial charge in [0.05, 0.1) is 13.3 Å². The van der Waals surface area contributed by atoms with Crippen LogP contribution in [0, 0.1) is 13.8 Å². The number of rotatable bonds is 1. The Balaban J connectivity index is 2.31. The lowest BCUT2D eigenvalue weighted by Crippen LogP contribution is -2.55. The Morgan fingerprint density at radius 3 is 2.75 bits per heavy atom. The van der Waals surface area contributed by atoms with E-state index in [1.165, 1.54) is 16.8 Å². The van der Waals surface area contributed by atoms with Gasteiger partial charge in [0.15, 0.2) is 5.11 Å². The fraction of sp³-hybridized carbons (Fsp3) is 0.417. The first-order chi connectivity index (χ1) is 7.58. The Labute approximate surface area is 102 Å². The highest BCUT2D eigenvalue weighted by atomic mass is 32.1. The molecule has 1 aliphatic rings. The Bertz CT molecular complexity index is 417. The number of nitrogens with one attached hydrogen (secondary N) is 1. The monoisotopic (exact) mass is 235 g/mol. The fourth-order valence-electron chi connectivity index (χ4n) is 1.95. The largest absolute Gasteiger partial charge is 0.349 e. The van der Waals surface area contributed by atoms with Gasteiger partial charge in [-0.15, -0.1) is 0 Å². The third-order valence-corrected chi connectivity index (χ3v) is 3.14. The van der Waals surface area contributed by atoms with E-state index in [1.807, 2.05) is 0 Å². The van der Waals surface area contributed by atoms with Crippen molar-refractivity contribution in [2.45, 2.75) is 13.8 Å². The molecule has 0 amide bonds. The second-order valence-corrected chi connectivity index (χ2v) is 4.74. The van der Waals surface area contributed by atoms with E-state index in [2.05, 4.69) is 54.2 Å². The maximum absolute atomic E-state index is 5.34. The molecule has 0 aliphatic carbocycles. The zero-order chi connectivity index (χ0) is 11.7. The smallest absolute Gasteiger partial charge is 0.175 e. The van der Waals surface area contributed by atoms with E-state index < -0.39 is 0 Å². The number of thiocarbonyl (C=S) groups is 1. The summed E-state index contributed by atoms with van der Waals surface area (Å²) < 4.78 is 0. The molecule has 16 heavy (non-hydrogen) atoms. The van der Waals surface area contributed by atoms with Crippen molar-refractivity contribution in [3.05, 3.63) is 29.3 Å². The Morgan fingerprint density at radius 1 is 1.31 bits per heavy atom. The second-order valence-electron chi connectivity index (χ2n) is 4.36. The van der Waals surface area contributed by atoms with E-state index >= 15 is 0 Å². The van der Waals surface area contributed by atoms with Crippen molar-refractivity contribution in [3.8, 4) is 0 Å². The van der Waals surface area contributed by atoms with E-state index in [1.54, 1.807) is 0 Å². The Kier molecular flexibility index (Phi) is 3.12. The summed E-state index contributed by atoms with van der Waals surface area (Å²) in [5.41, 5.74) is 3.74. The van der Waals surface area contributed by atoms with Gasteiger partial charge in [-0.1, -0.05) is 17.7 Å². The molecule has 2 rings (SSSR count). The van der Waals surface area contributed by atoms with Crippen molar-refractivity contribution in [1.29, 1.82) is 0 Å². The number of nitrogens with zero attached hydrogens (tertiary/aromatic N) is 2. The van der Waals surface area contributed by atoms with Gasteiger partial charge in [-0.05, 0) is 44.7 Å². The van der Waals surface area contributed by atoms with Crippen LogP contribution in [0.1, 0.15) is 11.1 Å². The SMILES string of the molecule is Cc1ccc(N2CN(C)CNC2=S)c(C)c1. The minimum Gasteiger partial charge on any atom is -0.349 e. The predicted octanol–water partition coefficient (Wildman–Crippen LogP) is 1.84. The topological polar surface area (TPSA) is 18.5 Å². The Hall–Kier alpha value is -1.13. The molecular weight excluding hydrogens is 218 g/mol. The number of hydrogen-bond donors (Lipinski definition) is 1. The fourth-order valence-corrected chi connectivity index (χ4v) is 2.17. The lowest BCUT2D eigenvalue weighted by molar-refractivity contribution is 0.318. The molecule has 0 saturated carbocycles. The van der Waals surface area contributed by atoms with Crippen molar-refractivity contribution < 1.29 is 0 Å². The highest BCUT2D eigenvalue weighted by molar-refractivity contribution is 7.80.